The smallest absolute Gasteiger partial charge is 0.323 e. The molecule has 0 aromatic carbocycles. The molecule has 0 heterocycles. The molecule has 0 fully saturated rings. The second-order valence-electron chi connectivity index (χ2n) is 3.46. The minimum Gasteiger partial charge on any atom is -0.480 e. The Hall–Kier alpha value is -1.14. The van der Waals surface area contributed by atoms with E-state index in [1.165, 1.54) is 4.90 Å². The van der Waals surface area contributed by atoms with Gasteiger partial charge in [-0.2, -0.15) is 0 Å². The lowest BCUT2D eigenvalue weighted by molar-refractivity contribution is -0.146. The van der Waals surface area contributed by atoms with Crippen LogP contribution in [0.15, 0.2) is 0 Å². The van der Waals surface area contributed by atoms with Crippen molar-refractivity contribution >= 4 is 11.9 Å². The summed E-state index contributed by atoms with van der Waals surface area (Å²) in [4.78, 5) is 23.4. The van der Waals surface area contributed by atoms with Gasteiger partial charge in [-0.05, 0) is 13.3 Å². The maximum atomic E-state index is 11.6. The summed E-state index contributed by atoms with van der Waals surface area (Å²) in [6.45, 7) is 5.21. The number of nitrogens with zero attached hydrogens (tertiary/aromatic N) is 1. The van der Waals surface area contributed by atoms with Crippen LogP contribution in [0.1, 0.15) is 20.3 Å². The summed E-state index contributed by atoms with van der Waals surface area (Å²) < 4.78 is 10.1. The van der Waals surface area contributed by atoms with E-state index < -0.39 is 5.97 Å². The average molecular weight is 247 g/mol. The molecule has 0 aromatic heterocycles. The predicted molar refractivity (Wildman–Crippen MR) is 61.8 cm³/mol. The Balaban J connectivity index is 3.84. The van der Waals surface area contributed by atoms with Gasteiger partial charge in [0, 0.05) is 13.2 Å². The maximum absolute atomic E-state index is 11.6. The van der Waals surface area contributed by atoms with Crippen molar-refractivity contribution in [3.63, 3.8) is 0 Å². The molecule has 6 nitrogen and oxygen atoms in total. The highest BCUT2D eigenvalue weighted by atomic mass is 16.5. The van der Waals surface area contributed by atoms with Crippen molar-refractivity contribution in [2.75, 3.05) is 39.5 Å². The third-order valence-electron chi connectivity index (χ3n) is 1.97. The Morgan fingerprint density at radius 3 is 2.35 bits per heavy atom. The van der Waals surface area contributed by atoms with Crippen LogP contribution in [-0.2, 0) is 19.1 Å². The predicted octanol–water partition coefficient (Wildman–Crippen LogP) is 0.363. The summed E-state index contributed by atoms with van der Waals surface area (Å²) in [6, 6.07) is 0. The highest BCUT2D eigenvalue weighted by Gasteiger charge is 2.15. The Morgan fingerprint density at radius 2 is 1.82 bits per heavy atom. The molecule has 0 saturated carbocycles. The van der Waals surface area contributed by atoms with E-state index in [0.29, 0.717) is 26.4 Å². The van der Waals surface area contributed by atoms with Gasteiger partial charge in [-0.15, -0.1) is 0 Å². The van der Waals surface area contributed by atoms with E-state index in [0.717, 1.165) is 6.42 Å². The first kappa shape index (κ1) is 15.9. The summed E-state index contributed by atoms with van der Waals surface area (Å²) >= 11 is 0. The number of rotatable bonds is 10. The molecule has 0 atom stereocenters. The fraction of sp³-hybridized carbons (Fsp3) is 0.818. The monoisotopic (exact) mass is 247 g/mol. The van der Waals surface area contributed by atoms with Crippen LogP contribution < -0.4 is 0 Å². The average Bonchev–Trinajstić information content (AvgIpc) is 2.27. The minimum absolute atomic E-state index is 0.0969. The van der Waals surface area contributed by atoms with Gasteiger partial charge in [-0.25, -0.2) is 0 Å². The van der Waals surface area contributed by atoms with E-state index in [1.54, 1.807) is 0 Å². The third-order valence-corrected chi connectivity index (χ3v) is 1.97. The number of ether oxygens (including phenoxy) is 2. The molecule has 0 aliphatic carbocycles. The largest absolute Gasteiger partial charge is 0.480 e. The summed E-state index contributed by atoms with van der Waals surface area (Å²) in [5.74, 6) is -1.31. The number of aliphatic carboxylic acids is 1. The van der Waals surface area contributed by atoms with Crippen molar-refractivity contribution in [3.8, 4) is 0 Å². The Bertz CT molecular complexity index is 232. The molecule has 0 rings (SSSR count). The van der Waals surface area contributed by atoms with Crippen LogP contribution in [0.25, 0.3) is 0 Å². The van der Waals surface area contributed by atoms with Gasteiger partial charge < -0.3 is 19.5 Å². The number of hydrogen-bond acceptors (Lipinski definition) is 4. The van der Waals surface area contributed by atoms with Gasteiger partial charge in [0.2, 0.25) is 5.91 Å². The van der Waals surface area contributed by atoms with Crippen LogP contribution in [0.3, 0.4) is 0 Å². The van der Waals surface area contributed by atoms with Gasteiger partial charge in [-0.3, -0.25) is 9.59 Å². The lowest BCUT2D eigenvalue weighted by Gasteiger charge is -2.19. The van der Waals surface area contributed by atoms with Crippen molar-refractivity contribution in [2.45, 2.75) is 20.3 Å². The van der Waals surface area contributed by atoms with Gasteiger partial charge in [0.1, 0.15) is 13.2 Å². The zero-order valence-electron chi connectivity index (χ0n) is 10.5. The number of carbonyl (C=O) groups excluding carboxylic acids is 1. The van der Waals surface area contributed by atoms with Crippen LogP contribution in [0, 0.1) is 0 Å². The van der Waals surface area contributed by atoms with Crippen LogP contribution in [0.2, 0.25) is 0 Å². The second kappa shape index (κ2) is 10.0. The Morgan fingerprint density at radius 1 is 1.18 bits per heavy atom. The molecule has 0 bridgehead atoms. The molecule has 0 aliphatic heterocycles. The number of carboxylic acids is 1. The van der Waals surface area contributed by atoms with Crippen LogP contribution in [0.5, 0.6) is 0 Å². The van der Waals surface area contributed by atoms with Crippen LogP contribution in [-0.4, -0.2) is 61.4 Å². The SMILES string of the molecule is CCCN(CC(=O)O)C(=O)COCCOCC. The molecule has 0 unspecified atom stereocenters. The zero-order chi connectivity index (χ0) is 13.1. The first-order chi connectivity index (χ1) is 8.11. The molecular formula is C11H21NO5. The molecule has 0 aliphatic rings. The first-order valence-electron chi connectivity index (χ1n) is 5.76. The van der Waals surface area contributed by atoms with Gasteiger partial charge in [0.05, 0.1) is 13.2 Å². The number of carbonyl (C=O) groups is 2. The normalized spacial score (nSPS) is 10.2. The molecule has 1 N–H and O–H groups in total. The highest BCUT2D eigenvalue weighted by Crippen LogP contribution is 1.94. The van der Waals surface area contributed by atoms with E-state index in [9.17, 15) is 9.59 Å². The number of carboxylic acid groups (broad SMARTS) is 1. The van der Waals surface area contributed by atoms with E-state index in [4.69, 9.17) is 14.6 Å². The molecule has 100 valence electrons. The van der Waals surface area contributed by atoms with Crippen molar-refractivity contribution < 1.29 is 24.2 Å². The van der Waals surface area contributed by atoms with E-state index in [-0.39, 0.29) is 19.1 Å². The van der Waals surface area contributed by atoms with Gasteiger partial charge in [-0.1, -0.05) is 6.92 Å². The minimum atomic E-state index is -1.01. The molecule has 1 amide bonds. The summed E-state index contributed by atoms with van der Waals surface area (Å²) in [7, 11) is 0. The Kier molecular flexibility index (Phi) is 9.37. The lowest BCUT2D eigenvalue weighted by atomic mass is 10.4. The second-order valence-corrected chi connectivity index (χ2v) is 3.46. The summed E-state index contributed by atoms with van der Waals surface area (Å²) in [6.07, 6.45) is 0.720. The van der Waals surface area contributed by atoms with Crippen molar-refractivity contribution in [3.05, 3.63) is 0 Å². The van der Waals surface area contributed by atoms with Gasteiger partial charge >= 0.3 is 5.97 Å². The molecule has 6 heteroatoms. The van der Waals surface area contributed by atoms with Crippen molar-refractivity contribution in [1.29, 1.82) is 0 Å². The standard InChI is InChI=1S/C11H21NO5/c1-3-5-12(8-11(14)15)10(13)9-17-7-6-16-4-2/h3-9H2,1-2H3,(H,14,15). The van der Waals surface area contributed by atoms with Crippen LogP contribution in [0.4, 0.5) is 0 Å². The van der Waals surface area contributed by atoms with E-state index in [1.807, 2.05) is 13.8 Å². The molecular weight excluding hydrogens is 226 g/mol. The lowest BCUT2D eigenvalue weighted by Crippen LogP contribution is -2.38. The highest BCUT2D eigenvalue weighted by molar-refractivity contribution is 5.82. The topological polar surface area (TPSA) is 76.1 Å². The van der Waals surface area contributed by atoms with Gasteiger partial charge in [0.15, 0.2) is 0 Å². The van der Waals surface area contributed by atoms with Crippen molar-refractivity contribution in [1.82, 2.24) is 4.90 Å². The fourth-order valence-electron chi connectivity index (χ4n) is 1.24. The summed E-state index contributed by atoms with van der Waals surface area (Å²) in [5, 5.41) is 8.65. The van der Waals surface area contributed by atoms with E-state index >= 15 is 0 Å². The van der Waals surface area contributed by atoms with E-state index in [2.05, 4.69) is 0 Å². The third kappa shape index (κ3) is 8.65. The maximum Gasteiger partial charge on any atom is 0.323 e. The number of amides is 1. The molecule has 0 aromatic rings. The first-order valence-corrected chi connectivity index (χ1v) is 5.76. The number of hydrogen-bond donors (Lipinski definition) is 1. The van der Waals surface area contributed by atoms with Crippen molar-refractivity contribution in [2.24, 2.45) is 0 Å². The van der Waals surface area contributed by atoms with Gasteiger partial charge in [0.25, 0.3) is 0 Å². The zero-order valence-corrected chi connectivity index (χ0v) is 10.5. The molecule has 17 heavy (non-hydrogen) atoms. The van der Waals surface area contributed by atoms with Crippen LogP contribution >= 0.6 is 0 Å². The quantitative estimate of drug-likeness (QED) is 0.564. The molecule has 0 spiro atoms. The molecule has 0 saturated heterocycles. The Labute approximate surface area is 101 Å². The fourth-order valence-corrected chi connectivity index (χ4v) is 1.24. The molecule has 0 radical (unpaired) electrons. The summed E-state index contributed by atoms with van der Waals surface area (Å²) in [5.41, 5.74) is 0.